The molecule has 1 aliphatic heterocycles. The first kappa shape index (κ1) is 24.9. The number of anilines is 1. The van der Waals surface area contributed by atoms with E-state index in [1.165, 1.54) is 28.6 Å². The monoisotopic (exact) mass is 473 g/mol. The van der Waals surface area contributed by atoms with Crippen LogP contribution >= 0.6 is 0 Å². The zero-order valence-corrected chi connectivity index (χ0v) is 20.2. The molecule has 9 heteroatoms. The first-order chi connectivity index (χ1) is 15.6. The molecule has 1 saturated heterocycles. The molecule has 0 aliphatic carbocycles. The maximum atomic E-state index is 13.0. The van der Waals surface area contributed by atoms with E-state index in [1.54, 1.807) is 0 Å². The molecule has 3 rings (SSSR count). The molecule has 2 aromatic carbocycles. The summed E-state index contributed by atoms with van der Waals surface area (Å²) >= 11 is 0. The van der Waals surface area contributed by atoms with Gasteiger partial charge in [-0.2, -0.15) is 4.31 Å². The maximum Gasteiger partial charge on any atom is 0.251 e. The van der Waals surface area contributed by atoms with E-state index in [4.69, 9.17) is 4.74 Å². The molecular formula is C24H31N3O5S. The van der Waals surface area contributed by atoms with Crippen LogP contribution in [-0.2, 0) is 19.6 Å². The van der Waals surface area contributed by atoms with Crippen molar-refractivity contribution in [2.45, 2.75) is 38.6 Å². The van der Waals surface area contributed by atoms with Gasteiger partial charge in [0.15, 0.2) is 0 Å². The van der Waals surface area contributed by atoms with Crippen LogP contribution in [0.3, 0.4) is 0 Å². The van der Waals surface area contributed by atoms with E-state index in [2.05, 4.69) is 10.6 Å². The average Bonchev–Trinajstić information content (AvgIpc) is 2.79. The quantitative estimate of drug-likeness (QED) is 0.643. The number of nitrogens with one attached hydrogen (secondary N) is 2. The van der Waals surface area contributed by atoms with Crippen molar-refractivity contribution in [3.63, 3.8) is 0 Å². The fourth-order valence-electron chi connectivity index (χ4n) is 3.66. The number of hydrogen-bond donors (Lipinski definition) is 2. The molecule has 1 heterocycles. The molecule has 8 nitrogen and oxygen atoms in total. The SMILES string of the molecule is Cc1ccc(NC(=O)C(NC(=O)c2cccc(S(=O)(=O)N3CCOCC3)c2)C(C)C)c(C)c1. The van der Waals surface area contributed by atoms with Crippen LogP contribution in [0.25, 0.3) is 0 Å². The Morgan fingerprint density at radius 3 is 2.36 bits per heavy atom. The minimum atomic E-state index is -3.73. The van der Waals surface area contributed by atoms with Crippen molar-refractivity contribution in [2.75, 3.05) is 31.6 Å². The number of nitrogens with zero attached hydrogens (tertiary/aromatic N) is 1. The van der Waals surface area contributed by atoms with Crippen molar-refractivity contribution in [1.29, 1.82) is 0 Å². The summed E-state index contributed by atoms with van der Waals surface area (Å²) in [4.78, 5) is 26.0. The van der Waals surface area contributed by atoms with Gasteiger partial charge in [-0.3, -0.25) is 9.59 Å². The fraction of sp³-hybridized carbons (Fsp3) is 0.417. The van der Waals surface area contributed by atoms with Crippen molar-refractivity contribution < 1.29 is 22.7 Å². The molecule has 0 spiro atoms. The largest absolute Gasteiger partial charge is 0.379 e. The summed E-state index contributed by atoms with van der Waals surface area (Å²) in [5.74, 6) is -1.02. The fourth-order valence-corrected chi connectivity index (χ4v) is 5.11. The topological polar surface area (TPSA) is 105 Å². The van der Waals surface area contributed by atoms with Gasteiger partial charge in [-0.1, -0.05) is 37.6 Å². The van der Waals surface area contributed by atoms with Crippen LogP contribution in [0, 0.1) is 19.8 Å². The number of amides is 2. The average molecular weight is 474 g/mol. The Balaban J connectivity index is 1.76. The van der Waals surface area contributed by atoms with Crippen molar-refractivity contribution in [2.24, 2.45) is 5.92 Å². The molecule has 1 aliphatic rings. The van der Waals surface area contributed by atoms with E-state index in [0.29, 0.717) is 18.9 Å². The summed E-state index contributed by atoms with van der Waals surface area (Å²) in [6.45, 7) is 8.78. The lowest BCUT2D eigenvalue weighted by molar-refractivity contribution is -0.118. The number of benzene rings is 2. The van der Waals surface area contributed by atoms with Gasteiger partial charge < -0.3 is 15.4 Å². The molecule has 0 saturated carbocycles. The number of aryl methyl sites for hydroxylation is 2. The second-order valence-electron chi connectivity index (χ2n) is 8.55. The van der Waals surface area contributed by atoms with E-state index in [1.807, 2.05) is 45.9 Å². The summed E-state index contributed by atoms with van der Waals surface area (Å²) < 4.78 is 32.4. The van der Waals surface area contributed by atoms with Crippen molar-refractivity contribution in [3.8, 4) is 0 Å². The van der Waals surface area contributed by atoms with Crippen LogP contribution in [-0.4, -0.2) is 56.9 Å². The van der Waals surface area contributed by atoms with E-state index >= 15 is 0 Å². The van der Waals surface area contributed by atoms with Crippen molar-refractivity contribution in [1.82, 2.24) is 9.62 Å². The molecular weight excluding hydrogens is 442 g/mol. The van der Waals surface area contributed by atoms with Gasteiger partial charge in [0.1, 0.15) is 6.04 Å². The summed E-state index contributed by atoms with van der Waals surface area (Å²) in [6.07, 6.45) is 0. The van der Waals surface area contributed by atoms with Gasteiger partial charge in [-0.25, -0.2) is 8.42 Å². The van der Waals surface area contributed by atoms with Crippen LogP contribution < -0.4 is 10.6 Å². The van der Waals surface area contributed by atoms with E-state index in [9.17, 15) is 18.0 Å². The van der Waals surface area contributed by atoms with E-state index in [-0.39, 0.29) is 35.4 Å². The molecule has 178 valence electrons. The van der Waals surface area contributed by atoms with Crippen LogP contribution in [0.15, 0.2) is 47.4 Å². The molecule has 33 heavy (non-hydrogen) atoms. The highest BCUT2D eigenvalue weighted by Gasteiger charge is 2.28. The third kappa shape index (κ3) is 5.98. The summed E-state index contributed by atoms with van der Waals surface area (Å²) in [5.41, 5.74) is 2.88. The number of morpholine rings is 1. The smallest absolute Gasteiger partial charge is 0.251 e. The standard InChI is InChI=1S/C24H31N3O5S/c1-16(2)22(24(29)25-21-9-8-17(3)14-18(21)4)26-23(28)19-6-5-7-20(15-19)33(30,31)27-10-12-32-13-11-27/h5-9,14-16,22H,10-13H2,1-4H3,(H,25,29)(H,26,28). The molecule has 2 amide bonds. The predicted octanol–water partition coefficient (Wildman–Crippen LogP) is 2.72. The van der Waals surface area contributed by atoms with Gasteiger partial charge in [-0.05, 0) is 49.6 Å². The minimum Gasteiger partial charge on any atom is -0.379 e. The Morgan fingerprint density at radius 1 is 1.03 bits per heavy atom. The van der Waals surface area contributed by atoms with Gasteiger partial charge in [0, 0.05) is 24.3 Å². The molecule has 1 atom stereocenters. The number of hydrogen-bond acceptors (Lipinski definition) is 5. The third-order valence-electron chi connectivity index (χ3n) is 5.58. The van der Waals surface area contributed by atoms with Gasteiger partial charge in [-0.15, -0.1) is 0 Å². The number of carbonyl (C=O) groups is 2. The molecule has 2 aromatic rings. The van der Waals surface area contributed by atoms with E-state index < -0.39 is 22.0 Å². The lowest BCUT2D eigenvalue weighted by Crippen LogP contribution is -2.47. The molecule has 1 unspecified atom stereocenters. The number of carbonyl (C=O) groups excluding carboxylic acids is 2. The Morgan fingerprint density at radius 2 is 1.73 bits per heavy atom. The van der Waals surface area contributed by atoms with Gasteiger partial charge in [0.05, 0.1) is 18.1 Å². The minimum absolute atomic E-state index is 0.0397. The third-order valence-corrected chi connectivity index (χ3v) is 7.47. The first-order valence-electron chi connectivity index (χ1n) is 11.0. The Bertz CT molecular complexity index is 1120. The number of ether oxygens (including phenoxy) is 1. The highest BCUT2D eigenvalue weighted by molar-refractivity contribution is 7.89. The highest BCUT2D eigenvalue weighted by atomic mass is 32.2. The molecule has 0 radical (unpaired) electrons. The summed E-state index contributed by atoms with van der Waals surface area (Å²) in [5, 5.41) is 5.65. The Labute approximate surface area is 195 Å². The lowest BCUT2D eigenvalue weighted by Gasteiger charge is -2.26. The lowest BCUT2D eigenvalue weighted by atomic mass is 10.0. The van der Waals surface area contributed by atoms with E-state index in [0.717, 1.165) is 11.1 Å². The van der Waals surface area contributed by atoms with Gasteiger partial charge in [0.2, 0.25) is 15.9 Å². The van der Waals surface area contributed by atoms with Crippen LogP contribution in [0.2, 0.25) is 0 Å². The van der Waals surface area contributed by atoms with Crippen molar-refractivity contribution >= 4 is 27.5 Å². The normalized spacial score (nSPS) is 15.8. The molecule has 1 fully saturated rings. The summed E-state index contributed by atoms with van der Waals surface area (Å²) in [6, 6.07) is 10.8. The Hall–Kier alpha value is -2.75. The Kier molecular flexibility index (Phi) is 7.88. The number of sulfonamides is 1. The van der Waals surface area contributed by atoms with Crippen LogP contribution in [0.1, 0.15) is 35.3 Å². The molecule has 0 aromatic heterocycles. The van der Waals surface area contributed by atoms with Crippen LogP contribution in [0.4, 0.5) is 5.69 Å². The molecule has 2 N–H and O–H groups in total. The summed E-state index contributed by atoms with van der Waals surface area (Å²) in [7, 11) is -3.73. The highest BCUT2D eigenvalue weighted by Crippen LogP contribution is 2.20. The molecule has 0 bridgehead atoms. The zero-order chi connectivity index (χ0) is 24.2. The zero-order valence-electron chi connectivity index (χ0n) is 19.4. The van der Waals surface area contributed by atoms with Crippen LogP contribution in [0.5, 0.6) is 0 Å². The first-order valence-corrected chi connectivity index (χ1v) is 12.4. The number of rotatable bonds is 7. The second-order valence-corrected chi connectivity index (χ2v) is 10.5. The second kappa shape index (κ2) is 10.5. The van der Waals surface area contributed by atoms with Crippen molar-refractivity contribution in [3.05, 3.63) is 59.2 Å². The van der Waals surface area contributed by atoms with Gasteiger partial charge in [0.25, 0.3) is 5.91 Å². The van der Waals surface area contributed by atoms with Gasteiger partial charge >= 0.3 is 0 Å². The maximum absolute atomic E-state index is 13.0. The predicted molar refractivity (Wildman–Crippen MR) is 127 cm³/mol.